The van der Waals surface area contributed by atoms with Crippen molar-refractivity contribution in [3.63, 3.8) is 0 Å². The van der Waals surface area contributed by atoms with Gasteiger partial charge in [-0.1, -0.05) is 18.2 Å². The van der Waals surface area contributed by atoms with Crippen LogP contribution in [0.1, 0.15) is 10.4 Å². The number of thiophene rings is 1. The van der Waals surface area contributed by atoms with E-state index in [2.05, 4.69) is 0 Å². The number of primary amides is 1. The molecule has 0 aliphatic rings. The molecule has 1 heterocycles. The van der Waals surface area contributed by atoms with Crippen LogP contribution in [0.4, 0.5) is 5.69 Å². The molecule has 0 aliphatic heterocycles. The van der Waals surface area contributed by atoms with Gasteiger partial charge in [-0.25, -0.2) is 0 Å². The van der Waals surface area contributed by atoms with E-state index in [1.54, 1.807) is 12.1 Å². The minimum Gasteiger partial charge on any atom is -0.399 e. The average Bonchev–Trinajstić information content (AvgIpc) is 2.90. The standard InChI is InChI=1S/C15H17N3O2S/c16-12-4-1-3-11(7-12)9-18(10-14(17)19)15(20)8-13-5-2-6-21-13/h1-7H,8-10,16H2,(H2,17,19). The highest BCUT2D eigenvalue weighted by atomic mass is 32.1. The first-order chi connectivity index (χ1) is 10.0. The minimum atomic E-state index is -0.529. The van der Waals surface area contributed by atoms with Gasteiger partial charge in [-0.05, 0) is 29.1 Å². The Morgan fingerprint density at radius 3 is 2.62 bits per heavy atom. The third-order valence-corrected chi connectivity index (χ3v) is 3.81. The number of amides is 2. The summed E-state index contributed by atoms with van der Waals surface area (Å²) in [6, 6.07) is 11.0. The van der Waals surface area contributed by atoms with Crippen molar-refractivity contribution in [1.82, 2.24) is 4.90 Å². The zero-order valence-corrected chi connectivity index (χ0v) is 12.3. The molecule has 4 N–H and O–H groups in total. The second-order valence-electron chi connectivity index (χ2n) is 4.72. The summed E-state index contributed by atoms with van der Waals surface area (Å²) in [4.78, 5) is 25.9. The van der Waals surface area contributed by atoms with Crippen LogP contribution in [0.3, 0.4) is 0 Å². The molecule has 0 fully saturated rings. The molecule has 2 rings (SSSR count). The first-order valence-corrected chi connectivity index (χ1v) is 7.35. The summed E-state index contributed by atoms with van der Waals surface area (Å²) in [7, 11) is 0. The van der Waals surface area contributed by atoms with Crippen molar-refractivity contribution >= 4 is 28.8 Å². The molecule has 1 aromatic heterocycles. The van der Waals surface area contributed by atoms with Crippen LogP contribution < -0.4 is 11.5 Å². The van der Waals surface area contributed by atoms with Crippen molar-refractivity contribution < 1.29 is 9.59 Å². The van der Waals surface area contributed by atoms with Crippen LogP contribution in [-0.4, -0.2) is 23.3 Å². The number of nitrogen functional groups attached to an aromatic ring is 1. The first-order valence-electron chi connectivity index (χ1n) is 6.47. The minimum absolute atomic E-state index is 0.0982. The van der Waals surface area contributed by atoms with Gasteiger partial charge in [-0.2, -0.15) is 0 Å². The monoisotopic (exact) mass is 303 g/mol. The molecule has 2 amide bonds. The van der Waals surface area contributed by atoms with Crippen LogP contribution in [0.5, 0.6) is 0 Å². The Morgan fingerprint density at radius 2 is 2.00 bits per heavy atom. The van der Waals surface area contributed by atoms with E-state index < -0.39 is 5.91 Å². The molecule has 5 nitrogen and oxygen atoms in total. The molecule has 1 aromatic carbocycles. The highest BCUT2D eigenvalue weighted by Crippen LogP contribution is 2.14. The summed E-state index contributed by atoms with van der Waals surface area (Å²) < 4.78 is 0. The smallest absolute Gasteiger partial charge is 0.237 e. The zero-order valence-electron chi connectivity index (χ0n) is 11.5. The number of anilines is 1. The maximum atomic E-state index is 12.3. The SMILES string of the molecule is NC(=O)CN(Cc1cccc(N)c1)C(=O)Cc1cccs1. The molecule has 110 valence electrons. The number of carbonyl (C=O) groups excluding carboxylic acids is 2. The lowest BCUT2D eigenvalue weighted by atomic mass is 10.2. The number of rotatable bonds is 6. The van der Waals surface area contributed by atoms with Crippen LogP contribution in [0.2, 0.25) is 0 Å². The van der Waals surface area contributed by atoms with Gasteiger partial charge >= 0.3 is 0 Å². The van der Waals surface area contributed by atoms with Gasteiger partial charge in [0.15, 0.2) is 0 Å². The Kier molecular flexibility index (Phi) is 4.94. The quantitative estimate of drug-likeness (QED) is 0.790. The summed E-state index contributed by atoms with van der Waals surface area (Å²) in [6.45, 7) is 0.219. The van der Waals surface area contributed by atoms with Crippen LogP contribution >= 0.6 is 11.3 Å². The van der Waals surface area contributed by atoms with Gasteiger partial charge in [0.25, 0.3) is 0 Å². The molecule has 0 spiro atoms. The number of hydrogen-bond acceptors (Lipinski definition) is 4. The van der Waals surface area contributed by atoms with Crippen LogP contribution in [0, 0.1) is 0 Å². The number of benzene rings is 1. The van der Waals surface area contributed by atoms with E-state index in [0.29, 0.717) is 12.2 Å². The Hall–Kier alpha value is -2.34. The van der Waals surface area contributed by atoms with Gasteiger partial charge in [0.1, 0.15) is 0 Å². The summed E-state index contributed by atoms with van der Waals surface area (Å²) >= 11 is 1.51. The molecule has 0 aliphatic carbocycles. The van der Waals surface area contributed by atoms with Gasteiger partial charge in [0, 0.05) is 17.1 Å². The first kappa shape index (κ1) is 15.1. The maximum absolute atomic E-state index is 12.3. The topological polar surface area (TPSA) is 89.4 Å². The van der Waals surface area contributed by atoms with E-state index in [9.17, 15) is 9.59 Å². The maximum Gasteiger partial charge on any atom is 0.237 e. The lowest BCUT2D eigenvalue weighted by Crippen LogP contribution is -2.38. The largest absolute Gasteiger partial charge is 0.399 e. The van der Waals surface area contributed by atoms with E-state index in [0.717, 1.165) is 10.4 Å². The van der Waals surface area contributed by atoms with Crippen molar-refractivity contribution in [3.05, 3.63) is 52.2 Å². The third-order valence-electron chi connectivity index (χ3n) is 2.93. The number of hydrogen-bond donors (Lipinski definition) is 2. The van der Waals surface area contributed by atoms with Crippen LogP contribution in [0.15, 0.2) is 41.8 Å². The zero-order chi connectivity index (χ0) is 15.2. The second kappa shape index (κ2) is 6.90. The number of nitrogens with zero attached hydrogens (tertiary/aromatic N) is 1. The molecule has 2 aromatic rings. The van der Waals surface area contributed by atoms with Gasteiger partial charge in [0.05, 0.1) is 13.0 Å². The highest BCUT2D eigenvalue weighted by molar-refractivity contribution is 7.10. The molecule has 0 saturated carbocycles. The van der Waals surface area contributed by atoms with Gasteiger partial charge < -0.3 is 16.4 Å². The van der Waals surface area contributed by atoms with E-state index in [1.807, 2.05) is 29.6 Å². The van der Waals surface area contributed by atoms with Crippen molar-refractivity contribution in [2.45, 2.75) is 13.0 Å². The average molecular weight is 303 g/mol. The normalized spacial score (nSPS) is 10.3. The van der Waals surface area contributed by atoms with E-state index in [4.69, 9.17) is 11.5 Å². The molecular weight excluding hydrogens is 286 g/mol. The second-order valence-corrected chi connectivity index (χ2v) is 5.75. The summed E-state index contributed by atoms with van der Waals surface area (Å²) in [5, 5.41) is 1.92. The third kappa shape index (κ3) is 4.61. The van der Waals surface area contributed by atoms with Crippen molar-refractivity contribution in [3.8, 4) is 0 Å². The fourth-order valence-corrected chi connectivity index (χ4v) is 2.70. The Balaban J connectivity index is 2.10. The summed E-state index contributed by atoms with van der Waals surface area (Å²) in [5.74, 6) is -0.655. The predicted octanol–water partition coefficient (Wildman–Crippen LogP) is 1.39. The lowest BCUT2D eigenvalue weighted by molar-refractivity contribution is -0.135. The molecule has 0 unspecified atom stereocenters. The molecule has 0 bridgehead atoms. The van der Waals surface area contributed by atoms with E-state index in [1.165, 1.54) is 16.2 Å². The molecule has 6 heteroatoms. The van der Waals surface area contributed by atoms with E-state index >= 15 is 0 Å². The molecule has 0 saturated heterocycles. The Bertz CT molecular complexity index is 626. The number of carbonyl (C=O) groups is 2. The Labute approximate surface area is 127 Å². The molecule has 21 heavy (non-hydrogen) atoms. The predicted molar refractivity (Wildman–Crippen MR) is 83.5 cm³/mol. The van der Waals surface area contributed by atoms with Gasteiger partial charge in [0.2, 0.25) is 11.8 Å². The summed E-state index contributed by atoms with van der Waals surface area (Å²) in [6.07, 6.45) is 0.271. The van der Waals surface area contributed by atoms with Crippen LogP contribution in [0.25, 0.3) is 0 Å². The number of nitrogens with two attached hydrogens (primary N) is 2. The van der Waals surface area contributed by atoms with Crippen molar-refractivity contribution in [2.24, 2.45) is 5.73 Å². The van der Waals surface area contributed by atoms with Gasteiger partial charge in [-0.3, -0.25) is 9.59 Å². The van der Waals surface area contributed by atoms with E-state index in [-0.39, 0.29) is 18.9 Å². The van der Waals surface area contributed by atoms with Crippen LogP contribution in [-0.2, 0) is 22.6 Å². The summed E-state index contributed by atoms with van der Waals surface area (Å²) in [5.41, 5.74) is 12.5. The highest BCUT2D eigenvalue weighted by Gasteiger charge is 2.17. The van der Waals surface area contributed by atoms with Gasteiger partial charge in [-0.15, -0.1) is 11.3 Å². The molecule has 0 radical (unpaired) electrons. The molecule has 0 atom stereocenters. The fraction of sp³-hybridized carbons (Fsp3) is 0.200. The Morgan fingerprint density at radius 1 is 1.19 bits per heavy atom. The fourth-order valence-electron chi connectivity index (χ4n) is 2.01. The molecular formula is C15H17N3O2S. The van der Waals surface area contributed by atoms with Crippen molar-refractivity contribution in [1.29, 1.82) is 0 Å². The van der Waals surface area contributed by atoms with Crippen molar-refractivity contribution in [2.75, 3.05) is 12.3 Å². The lowest BCUT2D eigenvalue weighted by Gasteiger charge is -2.21.